The first-order valence-corrected chi connectivity index (χ1v) is 7.17. The second-order valence-corrected chi connectivity index (χ2v) is 5.45. The normalized spacial score (nSPS) is 10.5. The number of rotatable bonds is 4. The summed E-state index contributed by atoms with van der Waals surface area (Å²) in [6.07, 6.45) is 0.615. The Morgan fingerprint density at radius 3 is 2.71 bits per heavy atom. The summed E-state index contributed by atoms with van der Waals surface area (Å²) in [5, 5.41) is 12.1. The molecule has 0 radical (unpaired) electrons. The van der Waals surface area contributed by atoms with E-state index >= 15 is 0 Å². The van der Waals surface area contributed by atoms with Gasteiger partial charge in [-0.1, -0.05) is 6.92 Å². The fraction of sp³-hybridized carbons (Fsp3) is 0.200. The van der Waals surface area contributed by atoms with Gasteiger partial charge in [0.25, 0.3) is 0 Å². The molecule has 1 heterocycles. The van der Waals surface area contributed by atoms with Crippen LogP contribution in [0, 0.1) is 12.7 Å². The van der Waals surface area contributed by atoms with E-state index in [0.29, 0.717) is 28.1 Å². The van der Waals surface area contributed by atoms with Crippen molar-refractivity contribution in [1.29, 1.82) is 0 Å². The van der Waals surface area contributed by atoms with E-state index < -0.39 is 11.8 Å². The molecule has 0 aliphatic carbocycles. The maximum atomic E-state index is 13.6. The first-order valence-electron chi connectivity index (χ1n) is 6.37. The molecule has 2 rings (SSSR count). The lowest BCUT2D eigenvalue weighted by atomic mass is 10.1. The number of pyridine rings is 1. The predicted octanol–water partition coefficient (Wildman–Crippen LogP) is 4.30. The van der Waals surface area contributed by atoms with E-state index in [2.05, 4.69) is 26.2 Å². The molecule has 4 nitrogen and oxygen atoms in total. The molecular formula is C15H14BrFN2O2. The first kappa shape index (κ1) is 15.4. The first-order chi connectivity index (χ1) is 9.90. The van der Waals surface area contributed by atoms with E-state index in [-0.39, 0.29) is 5.56 Å². The summed E-state index contributed by atoms with van der Waals surface area (Å²) < 4.78 is 14.0. The van der Waals surface area contributed by atoms with Gasteiger partial charge >= 0.3 is 5.97 Å². The Morgan fingerprint density at radius 2 is 2.10 bits per heavy atom. The number of hydrogen-bond acceptors (Lipinski definition) is 3. The van der Waals surface area contributed by atoms with Crippen molar-refractivity contribution in [3.8, 4) is 0 Å². The average Bonchev–Trinajstić information content (AvgIpc) is 2.44. The van der Waals surface area contributed by atoms with Crippen LogP contribution in [0.5, 0.6) is 0 Å². The van der Waals surface area contributed by atoms with E-state index in [1.165, 1.54) is 18.2 Å². The quantitative estimate of drug-likeness (QED) is 0.861. The fourth-order valence-electron chi connectivity index (χ4n) is 1.88. The number of hydrogen-bond donors (Lipinski definition) is 2. The lowest BCUT2D eigenvalue weighted by Gasteiger charge is -2.11. The Labute approximate surface area is 130 Å². The van der Waals surface area contributed by atoms with Crippen molar-refractivity contribution in [1.82, 2.24) is 4.98 Å². The standard InChI is InChI=1S/C15H14BrFN2O2/c1-3-10-5-9(15(20)21)6-14(18-10)19-13-7-12(17)11(16)4-8(13)2/h4-7H,3H2,1-2H3,(H,18,19)(H,20,21). The fourth-order valence-corrected chi connectivity index (χ4v) is 2.33. The van der Waals surface area contributed by atoms with Crippen molar-refractivity contribution in [2.45, 2.75) is 20.3 Å². The highest BCUT2D eigenvalue weighted by Crippen LogP contribution is 2.26. The van der Waals surface area contributed by atoms with Gasteiger partial charge in [-0.3, -0.25) is 0 Å². The lowest BCUT2D eigenvalue weighted by molar-refractivity contribution is 0.0696. The molecule has 6 heteroatoms. The van der Waals surface area contributed by atoms with Gasteiger partial charge in [0.1, 0.15) is 11.6 Å². The zero-order chi connectivity index (χ0) is 15.6. The van der Waals surface area contributed by atoms with Crippen LogP contribution in [0.1, 0.15) is 28.5 Å². The Bertz CT molecular complexity index is 704. The molecule has 110 valence electrons. The molecule has 0 aliphatic heterocycles. The van der Waals surface area contributed by atoms with Crippen LogP contribution in [-0.2, 0) is 6.42 Å². The van der Waals surface area contributed by atoms with Gasteiger partial charge in [0.15, 0.2) is 0 Å². The van der Waals surface area contributed by atoms with Crippen molar-refractivity contribution < 1.29 is 14.3 Å². The summed E-state index contributed by atoms with van der Waals surface area (Å²) in [6.45, 7) is 3.72. The molecule has 2 N–H and O–H groups in total. The van der Waals surface area contributed by atoms with Crippen molar-refractivity contribution in [3.05, 3.63) is 51.4 Å². The van der Waals surface area contributed by atoms with Crippen LogP contribution in [0.4, 0.5) is 15.9 Å². The number of nitrogens with one attached hydrogen (secondary N) is 1. The molecule has 0 saturated heterocycles. The third kappa shape index (κ3) is 3.58. The number of anilines is 2. The van der Waals surface area contributed by atoms with Crippen LogP contribution in [0.3, 0.4) is 0 Å². The van der Waals surface area contributed by atoms with E-state index in [1.54, 1.807) is 6.07 Å². The zero-order valence-corrected chi connectivity index (χ0v) is 13.2. The summed E-state index contributed by atoms with van der Waals surface area (Å²) in [7, 11) is 0. The molecule has 0 atom stereocenters. The highest BCUT2D eigenvalue weighted by Gasteiger charge is 2.10. The number of aryl methyl sites for hydroxylation is 2. The van der Waals surface area contributed by atoms with Crippen LogP contribution in [0.15, 0.2) is 28.7 Å². The number of halogens is 2. The molecule has 0 unspecified atom stereocenters. The van der Waals surface area contributed by atoms with E-state index in [4.69, 9.17) is 5.11 Å². The number of carbonyl (C=O) groups is 1. The van der Waals surface area contributed by atoms with E-state index in [1.807, 2.05) is 13.8 Å². The van der Waals surface area contributed by atoms with Crippen molar-refractivity contribution in [3.63, 3.8) is 0 Å². The number of aromatic carboxylic acids is 1. The number of benzene rings is 1. The van der Waals surface area contributed by atoms with Gasteiger partial charge in [0.05, 0.1) is 10.0 Å². The summed E-state index contributed by atoms with van der Waals surface area (Å²) in [4.78, 5) is 15.4. The summed E-state index contributed by atoms with van der Waals surface area (Å²) in [6, 6.07) is 5.96. The van der Waals surface area contributed by atoms with Crippen LogP contribution in [-0.4, -0.2) is 16.1 Å². The molecule has 1 aromatic heterocycles. The molecule has 0 spiro atoms. The van der Waals surface area contributed by atoms with Gasteiger partial charge in [0, 0.05) is 11.4 Å². The minimum absolute atomic E-state index is 0.152. The Hall–Kier alpha value is -1.95. The minimum Gasteiger partial charge on any atom is -0.478 e. The summed E-state index contributed by atoms with van der Waals surface area (Å²) in [5.41, 5.74) is 2.18. The lowest BCUT2D eigenvalue weighted by Crippen LogP contribution is -2.04. The molecule has 1 aromatic carbocycles. The van der Waals surface area contributed by atoms with Gasteiger partial charge in [-0.25, -0.2) is 14.2 Å². The zero-order valence-electron chi connectivity index (χ0n) is 11.6. The largest absolute Gasteiger partial charge is 0.478 e. The maximum Gasteiger partial charge on any atom is 0.335 e. The minimum atomic E-state index is -1.02. The molecule has 2 aromatic rings. The van der Waals surface area contributed by atoms with E-state index in [0.717, 1.165) is 5.56 Å². The van der Waals surface area contributed by atoms with Crippen LogP contribution in [0.2, 0.25) is 0 Å². The molecule has 0 saturated carbocycles. The van der Waals surface area contributed by atoms with E-state index in [9.17, 15) is 9.18 Å². The second-order valence-electron chi connectivity index (χ2n) is 4.60. The monoisotopic (exact) mass is 352 g/mol. The van der Waals surface area contributed by atoms with Crippen molar-refractivity contribution >= 4 is 33.4 Å². The number of carboxylic acids is 1. The number of nitrogens with zero attached hydrogens (tertiary/aromatic N) is 1. The summed E-state index contributed by atoms with van der Waals surface area (Å²) >= 11 is 3.12. The smallest absolute Gasteiger partial charge is 0.335 e. The third-order valence-corrected chi connectivity index (χ3v) is 3.63. The van der Waals surface area contributed by atoms with Gasteiger partial charge in [-0.2, -0.15) is 0 Å². The predicted molar refractivity (Wildman–Crippen MR) is 82.7 cm³/mol. The summed E-state index contributed by atoms with van der Waals surface area (Å²) in [5.74, 6) is -1.03. The van der Waals surface area contributed by atoms with Gasteiger partial charge in [-0.05, 0) is 59.1 Å². The highest BCUT2D eigenvalue weighted by molar-refractivity contribution is 9.10. The molecule has 0 aliphatic rings. The average molecular weight is 353 g/mol. The van der Waals surface area contributed by atoms with Crippen LogP contribution >= 0.6 is 15.9 Å². The van der Waals surface area contributed by atoms with Gasteiger partial charge in [-0.15, -0.1) is 0 Å². The Morgan fingerprint density at radius 1 is 1.38 bits per heavy atom. The Balaban J connectivity index is 2.41. The molecule has 21 heavy (non-hydrogen) atoms. The number of carboxylic acid groups (broad SMARTS) is 1. The SMILES string of the molecule is CCc1cc(C(=O)O)cc(Nc2cc(F)c(Br)cc2C)n1. The van der Waals surface area contributed by atoms with Crippen molar-refractivity contribution in [2.75, 3.05) is 5.32 Å². The molecule has 0 fully saturated rings. The van der Waals surface area contributed by atoms with Crippen LogP contribution in [0.25, 0.3) is 0 Å². The third-order valence-electron chi connectivity index (χ3n) is 3.02. The van der Waals surface area contributed by atoms with Gasteiger partial charge in [0.2, 0.25) is 0 Å². The van der Waals surface area contributed by atoms with Crippen LogP contribution < -0.4 is 5.32 Å². The Kier molecular flexibility index (Phi) is 4.57. The highest BCUT2D eigenvalue weighted by atomic mass is 79.9. The molecule has 0 bridgehead atoms. The second kappa shape index (κ2) is 6.22. The molecular weight excluding hydrogens is 339 g/mol. The molecule has 0 amide bonds. The maximum absolute atomic E-state index is 13.6. The van der Waals surface area contributed by atoms with Gasteiger partial charge < -0.3 is 10.4 Å². The number of aromatic nitrogens is 1. The van der Waals surface area contributed by atoms with Crippen molar-refractivity contribution in [2.24, 2.45) is 0 Å². The topological polar surface area (TPSA) is 62.2 Å².